The molecule has 8 fully saturated rings. The number of carbonyl (C=O) groups excluding carboxylic acids is 3. The molecule has 0 unspecified atom stereocenters. The molecule has 1 saturated heterocycles. The summed E-state index contributed by atoms with van der Waals surface area (Å²) in [7, 11) is 1.67. The predicted molar refractivity (Wildman–Crippen MR) is 245 cm³/mol. The highest BCUT2D eigenvalue weighted by atomic mass is 19.1. The number of oxime groups is 1. The molecular weight excluding hydrogens is 868 g/mol. The monoisotopic (exact) mass is 922 g/mol. The summed E-state index contributed by atoms with van der Waals surface area (Å²) in [5.41, 5.74) is 5.19. The zero-order valence-electron chi connectivity index (χ0n) is 39.2. The zero-order chi connectivity index (χ0) is 46.7. The Hall–Kier alpha value is -5.87. The molecule has 16 heteroatoms. The highest BCUT2D eigenvalue weighted by Gasteiger charge is 3.12. The Labute approximate surface area is 391 Å². The number of halogens is 1. The van der Waals surface area contributed by atoms with Gasteiger partial charge in [-0.05, 0) is 134 Å². The molecule has 6 heterocycles. The van der Waals surface area contributed by atoms with Crippen LogP contribution < -0.4 is 5.69 Å². The summed E-state index contributed by atoms with van der Waals surface area (Å²) in [6.45, 7) is 12.2. The van der Waals surface area contributed by atoms with Gasteiger partial charge in [0.1, 0.15) is 17.3 Å². The molecule has 7 aliphatic carbocycles. The van der Waals surface area contributed by atoms with Gasteiger partial charge in [0.05, 0.1) is 52.8 Å². The van der Waals surface area contributed by atoms with Gasteiger partial charge in [0.2, 0.25) is 5.91 Å². The molecule has 0 spiro atoms. The smallest absolute Gasteiger partial charge is 0.340 e. The number of imidazole rings is 1. The lowest BCUT2D eigenvalue weighted by Gasteiger charge is -3.11. The van der Waals surface area contributed by atoms with Crippen LogP contribution in [0.15, 0.2) is 58.7 Å². The molecule has 7 saturated carbocycles. The Kier molecular flexibility index (Phi) is 8.14. The minimum absolute atomic E-state index is 0.0676. The molecule has 10 aliphatic rings. The van der Waals surface area contributed by atoms with Crippen LogP contribution in [0.3, 0.4) is 0 Å². The van der Waals surface area contributed by atoms with Gasteiger partial charge in [-0.15, -0.1) is 0 Å². The summed E-state index contributed by atoms with van der Waals surface area (Å²) >= 11 is 0. The van der Waals surface area contributed by atoms with Crippen LogP contribution in [-0.4, -0.2) is 102 Å². The van der Waals surface area contributed by atoms with Crippen molar-refractivity contribution in [2.45, 2.75) is 95.3 Å². The third-order valence-corrected chi connectivity index (χ3v) is 19.2. The Morgan fingerprint density at radius 1 is 0.971 bits per heavy atom. The van der Waals surface area contributed by atoms with E-state index in [-0.39, 0.29) is 46.7 Å². The van der Waals surface area contributed by atoms with Gasteiger partial charge in [-0.25, -0.2) is 18.7 Å². The number of rotatable bonds is 11. The average molecular weight is 923 g/mol. The third-order valence-electron chi connectivity index (χ3n) is 19.2. The molecule has 2 aromatic carbocycles. The van der Waals surface area contributed by atoms with E-state index in [2.05, 4.69) is 39.7 Å². The maximum absolute atomic E-state index is 15.6. The molecule has 5 aromatic rings. The van der Waals surface area contributed by atoms with Crippen molar-refractivity contribution in [1.29, 1.82) is 0 Å². The van der Waals surface area contributed by atoms with Gasteiger partial charge in [-0.2, -0.15) is 5.10 Å². The molecule has 0 bridgehead atoms. The molecule has 68 heavy (non-hydrogen) atoms. The second-order valence-electron chi connectivity index (χ2n) is 21.6. The van der Waals surface area contributed by atoms with Gasteiger partial charge in [-0.3, -0.25) is 18.7 Å². The van der Waals surface area contributed by atoms with E-state index in [1.807, 2.05) is 34.9 Å². The quantitative estimate of drug-likeness (QED) is 0.149. The summed E-state index contributed by atoms with van der Waals surface area (Å²) in [6.07, 6.45) is 6.86. The van der Waals surface area contributed by atoms with Gasteiger partial charge in [-0.1, -0.05) is 18.1 Å². The molecule has 2 amide bonds. The Morgan fingerprint density at radius 3 is 2.31 bits per heavy atom. The SMILES string of the molecule is COCCN(C(C)=O)C12C3C4C1C1C2C3C41n1ccn(-c2c3c(nn2-c2cc(C)c(F)c(C)c2)CCN(C(=O)c2cc4cc(C5CCOCC5)ccc4n2[C@@]2(C4=NOC(=O)C4)C[C@@H]2C)[C@H]3C)c1=O. The summed E-state index contributed by atoms with van der Waals surface area (Å²) in [6, 6.07) is 11.5. The van der Waals surface area contributed by atoms with Crippen LogP contribution in [0.4, 0.5) is 4.39 Å². The fourth-order valence-corrected chi connectivity index (χ4v) is 16.5. The summed E-state index contributed by atoms with van der Waals surface area (Å²) in [5, 5.41) is 10.5. The zero-order valence-corrected chi connectivity index (χ0v) is 39.2. The maximum Gasteiger partial charge on any atom is 0.340 e. The van der Waals surface area contributed by atoms with Crippen LogP contribution in [0.1, 0.15) is 96.9 Å². The third kappa shape index (κ3) is 4.54. The number of carbonyl (C=O) groups is 3. The molecule has 15 nitrogen and oxygen atoms in total. The van der Waals surface area contributed by atoms with Crippen molar-refractivity contribution >= 4 is 34.4 Å². The van der Waals surface area contributed by atoms with Crippen LogP contribution in [0, 0.1) is 61.1 Å². The number of methoxy groups -OCH3 is 1. The first-order valence-electron chi connectivity index (χ1n) is 24.6. The van der Waals surface area contributed by atoms with Crippen LogP contribution in [0.2, 0.25) is 0 Å². The number of amides is 2. The molecule has 3 aromatic heterocycles. The van der Waals surface area contributed by atoms with Crippen molar-refractivity contribution in [2.75, 3.05) is 40.0 Å². The lowest BCUT2D eigenvalue weighted by atomic mass is 8.95. The van der Waals surface area contributed by atoms with Crippen LogP contribution in [-0.2, 0) is 41.4 Å². The van der Waals surface area contributed by atoms with Crippen molar-refractivity contribution < 1.29 is 33.1 Å². The van der Waals surface area contributed by atoms with Gasteiger partial charge in [0, 0.05) is 75.6 Å². The van der Waals surface area contributed by atoms with Gasteiger partial charge in [0.25, 0.3) is 5.91 Å². The number of hydrogen-bond donors (Lipinski definition) is 0. The second kappa shape index (κ2) is 13.5. The summed E-state index contributed by atoms with van der Waals surface area (Å²) < 4.78 is 33.9. The predicted octanol–water partition coefficient (Wildman–Crippen LogP) is 5.92. The number of fused-ring (bicyclic) bond motifs is 2. The van der Waals surface area contributed by atoms with E-state index in [0.29, 0.717) is 121 Å². The topological polar surface area (TPSA) is 147 Å². The van der Waals surface area contributed by atoms with Crippen LogP contribution in [0.5, 0.6) is 0 Å². The van der Waals surface area contributed by atoms with E-state index in [9.17, 15) is 9.59 Å². The largest absolute Gasteiger partial charge is 0.383 e. The minimum Gasteiger partial charge on any atom is -0.383 e. The average Bonchev–Trinajstić information content (AvgIpc) is 3.83. The molecule has 0 radical (unpaired) electrons. The molecule has 15 rings (SSSR count). The first-order valence-corrected chi connectivity index (χ1v) is 24.6. The Morgan fingerprint density at radius 2 is 1.68 bits per heavy atom. The van der Waals surface area contributed by atoms with E-state index in [1.165, 1.54) is 5.56 Å². The second-order valence-corrected chi connectivity index (χ2v) is 21.6. The Bertz CT molecular complexity index is 3130. The number of ether oxygens (including phenoxy) is 2. The summed E-state index contributed by atoms with van der Waals surface area (Å²) in [4.78, 5) is 65.6. The first-order chi connectivity index (χ1) is 32.8. The number of aromatic nitrogens is 5. The lowest BCUT2D eigenvalue weighted by Crippen LogP contribution is -3.17. The number of nitrogens with zero attached hydrogens (tertiary/aromatic N) is 8. The van der Waals surface area contributed by atoms with E-state index in [1.54, 1.807) is 49.3 Å². The molecule has 3 atom stereocenters. The lowest BCUT2D eigenvalue weighted by molar-refractivity contribution is -0.629. The van der Waals surface area contributed by atoms with Crippen molar-refractivity contribution in [3.05, 3.63) is 98.7 Å². The normalized spacial score (nSPS) is 34.2. The first kappa shape index (κ1) is 41.1. The van der Waals surface area contributed by atoms with E-state index in [0.717, 1.165) is 35.0 Å². The highest BCUT2D eigenvalue weighted by Crippen LogP contribution is 3.06. The van der Waals surface area contributed by atoms with Crippen molar-refractivity contribution in [3.8, 4) is 11.5 Å². The Balaban J connectivity index is 0.863. The number of aryl methyl sites for hydroxylation is 2. The minimum atomic E-state index is -0.703. The number of hydrogen-bond acceptors (Lipinski definition) is 9. The van der Waals surface area contributed by atoms with Crippen molar-refractivity contribution in [2.24, 2.45) is 46.6 Å². The van der Waals surface area contributed by atoms with Crippen molar-refractivity contribution in [1.82, 2.24) is 33.3 Å². The van der Waals surface area contributed by atoms with Gasteiger partial charge < -0.3 is 28.7 Å². The van der Waals surface area contributed by atoms with E-state index >= 15 is 14.0 Å². The molecule has 3 aliphatic heterocycles. The fraction of sp³-hybridized carbons (Fsp3) is 0.538. The molecule has 0 N–H and O–H groups in total. The van der Waals surface area contributed by atoms with Gasteiger partial charge >= 0.3 is 11.7 Å². The fourth-order valence-electron chi connectivity index (χ4n) is 16.5. The van der Waals surface area contributed by atoms with E-state index < -0.39 is 17.6 Å². The van der Waals surface area contributed by atoms with Crippen molar-refractivity contribution in [3.63, 3.8) is 0 Å². The molecule has 352 valence electrons. The molecular formula is C52H55FN8O7. The van der Waals surface area contributed by atoms with Crippen LogP contribution >= 0.6 is 0 Å². The van der Waals surface area contributed by atoms with E-state index in [4.69, 9.17) is 19.4 Å². The summed E-state index contributed by atoms with van der Waals surface area (Å²) in [5.74, 6) is 2.49. The standard InChI is InChI=1S/C52H55FN8O7/c1-25-19-33(20-26(2)46(25)53)61-47(57-13-14-59(49(57)65)52-43-40-44(52)42-45(52)41(43)51(40,42)58(29(5)62)15-18-66-6)39-28(4)56(12-9-34(39)54-61)48(64)36-22-32-21-31(30-10-16-67-17-11-30)7-8-35(32)60(36)50(24-27(50)3)37-23-38(63)68-55-37/h7-8,13-14,19-22,27-28,30,40-45H,9-12,15-18,23-24H2,1-6H3/t27-,28-,40?,41?,42?,43?,44?,45?,50-,51?,52?/m0/s1. The van der Waals surface area contributed by atoms with Crippen LogP contribution in [0.25, 0.3) is 22.4 Å². The highest BCUT2D eigenvalue weighted by molar-refractivity contribution is 6.10. The maximum atomic E-state index is 15.6. The number of benzene rings is 2. The van der Waals surface area contributed by atoms with Gasteiger partial charge in [0.15, 0.2) is 0 Å².